The minimum atomic E-state index is -0.394. The quantitative estimate of drug-likeness (QED) is 0.822. The van der Waals surface area contributed by atoms with E-state index in [2.05, 4.69) is 17.2 Å². The van der Waals surface area contributed by atoms with Gasteiger partial charge in [0.1, 0.15) is 11.6 Å². The topological polar surface area (TPSA) is 51.2 Å². The Kier molecular flexibility index (Phi) is 5.19. The van der Waals surface area contributed by atoms with Gasteiger partial charge >= 0.3 is 0 Å². The minimum absolute atomic E-state index is 0.0236. The number of carbonyl (C=O) groups excluding carboxylic acids is 1. The highest BCUT2D eigenvalue weighted by Gasteiger charge is 2.47. The minimum Gasteiger partial charge on any atom is -0.494 e. The molecule has 1 aliphatic heterocycles. The number of benzene rings is 1. The summed E-state index contributed by atoms with van der Waals surface area (Å²) in [5.74, 6) is 1.17. The fourth-order valence-electron chi connectivity index (χ4n) is 4.54. The van der Waals surface area contributed by atoms with Crippen LogP contribution < -0.4 is 10.1 Å². The SMILES string of the molecule is CCOc1ccc(F)c(-c2ccnc(C3CCC4(CCC(C)CC4=O)N3)c2)c1. The Labute approximate surface area is 165 Å². The van der Waals surface area contributed by atoms with Crippen molar-refractivity contribution < 1.29 is 13.9 Å². The molecule has 0 radical (unpaired) electrons. The van der Waals surface area contributed by atoms with Crippen LogP contribution in [0, 0.1) is 11.7 Å². The fourth-order valence-corrected chi connectivity index (χ4v) is 4.54. The van der Waals surface area contributed by atoms with Crippen molar-refractivity contribution in [3.63, 3.8) is 0 Å². The first kappa shape index (κ1) is 19.1. The molecule has 1 spiro atoms. The van der Waals surface area contributed by atoms with Crippen molar-refractivity contribution in [2.75, 3.05) is 6.61 Å². The van der Waals surface area contributed by atoms with Gasteiger partial charge in [0.25, 0.3) is 0 Å². The molecule has 148 valence electrons. The summed E-state index contributed by atoms with van der Waals surface area (Å²) in [6.07, 6.45) is 6.07. The molecule has 1 aromatic heterocycles. The lowest BCUT2D eigenvalue weighted by Gasteiger charge is -2.35. The number of carbonyl (C=O) groups is 1. The molecule has 2 fully saturated rings. The molecule has 1 N–H and O–H groups in total. The number of ether oxygens (including phenoxy) is 1. The summed E-state index contributed by atoms with van der Waals surface area (Å²) in [4.78, 5) is 17.2. The first-order chi connectivity index (χ1) is 13.5. The number of hydrogen-bond acceptors (Lipinski definition) is 4. The van der Waals surface area contributed by atoms with Crippen molar-refractivity contribution in [3.8, 4) is 16.9 Å². The second kappa shape index (κ2) is 7.63. The molecule has 2 aliphatic rings. The average Bonchev–Trinajstić information content (AvgIpc) is 3.13. The van der Waals surface area contributed by atoms with Gasteiger partial charge in [0.05, 0.1) is 23.9 Å². The zero-order valence-electron chi connectivity index (χ0n) is 16.5. The summed E-state index contributed by atoms with van der Waals surface area (Å²) in [6.45, 7) is 4.59. The third-order valence-corrected chi connectivity index (χ3v) is 6.14. The summed E-state index contributed by atoms with van der Waals surface area (Å²) in [7, 11) is 0. The van der Waals surface area contributed by atoms with E-state index in [0.717, 1.165) is 36.9 Å². The molecule has 1 aliphatic carbocycles. The maximum atomic E-state index is 14.4. The van der Waals surface area contributed by atoms with Gasteiger partial charge in [-0.1, -0.05) is 6.92 Å². The summed E-state index contributed by atoms with van der Waals surface area (Å²) in [5.41, 5.74) is 1.75. The van der Waals surface area contributed by atoms with Crippen molar-refractivity contribution in [2.24, 2.45) is 5.92 Å². The van der Waals surface area contributed by atoms with Crippen LogP contribution in [0.1, 0.15) is 57.7 Å². The summed E-state index contributed by atoms with van der Waals surface area (Å²) in [5, 5.41) is 3.59. The van der Waals surface area contributed by atoms with Crippen molar-refractivity contribution >= 4 is 5.78 Å². The van der Waals surface area contributed by atoms with E-state index in [4.69, 9.17) is 4.74 Å². The standard InChI is InChI=1S/C23H27FN2O2/c1-3-28-17-4-5-19(24)18(14-17)16-8-11-25-21(13-16)20-7-10-23(26-20)9-6-15(2)12-22(23)27/h4-5,8,11,13-15,20,26H,3,6-7,9-10,12H2,1-2H3. The molecule has 1 saturated heterocycles. The number of Topliss-reactive ketones (excluding diaryl/α,β-unsaturated/α-hetero) is 1. The Hall–Kier alpha value is -2.27. The van der Waals surface area contributed by atoms with Crippen LogP contribution in [0.3, 0.4) is 0 Å². The molecule has 1 saturated carbocycles. The Morgan fingerprint density at radius 3 is 2.86 bits per heavy atom. The van der Waals surface area contributed by atoms with Crippen molar-refractivity contribution in [2.45, 2.75) is 57.5 Å². The molecule has 4 rings (SSSR count). The summed E-state index contributed by atoms with van der Waals surface area (Å²) >= 11 is 0. The van der Waals surface area contributed by atoms with Gasteiger partial charge < -0.3 is 4.74 Å². The van der Waals surface area contributed by atoms with Crippen molar-refractivity contribution in [1.29, 1.82) is 0 Å². The van der Waals surface area contributed by atoms with Crippen LogP contribution in [0.25, 0.3) is 11.1 Å². The summed E-state index contributed by atoms with van der Waals surface area (Å²) < 4.78 is 20.0. The third-order valence-electron chi connectivity index (χ3n) is 6.14. The largest absolute Gasteiger partial charge is 0.494 e. The summed E-state index contributed by atoms with van der Waals surface area (Å²) in [6, 6.07) is 8.58. The van der Waals surface area contributed by atoms with E-state index in [1.54, 1.807) is 18.3 Å². The van der Waals surface area contributed by atoms with E-state index in [9.17, 15) is 9.18 Å². The van der Waals surface area contributed by atoms with Gasteiger partial charge in [-0.3, -0.25) is 15.1 Å². The molecule has 1 aromatic carbocycles. The van der Waals surface area contributed by atoms with Crippen molar-refractivity contribution in [3.05, 3.63) is 48.0 Å². The van der Waals surface area contributed by atoms with E-state index in [1.807, 2.05) is 19.1 Å². The fraction of sp³-hybridized carbons (Fsp3) is 0.478. The Morgan fingerprint density at radius 2 is 2.07 bits per heavy atom. The van der Waals surface area contributed by atoms with Crippen LogP contribution in [0.2, 0.25) is 0 Å². The smallest absolute Gasteiger partial charge is 0.153 e. The number of ketones is 1. The van der Waals surface area contributed by atoms with Gasteiger partial charge in [-0.05, 0) is 74.4 Å². The molecule has 0 amide bonds. The van der Waals surface area contributed by atoms with E-state index in [1.165, 1.54) is 6.07 Å². The highest BCUT2D eigenvalue weighted by molar-refractivity contribution is 5.89. The lowest BCUT2D eigenvalue weighted by Crippen LogP contribution is -2.51. The first-order valence-corrected chi connectivity index (χ1v) is 10.2. The number of aromatic nitrogens is 1. The average molecular weight is 382 g/mol. The number of nitrogens with zero attached hydrogens (tertiary/aromatic N) is 1. The number of pyridine rings is 1. The van der Waals surface area contributed by atoms with Crippen molar-refractivity contribution in [1.82, 2.24) is 10.3 Å². The third kappa shape index (κ3) is 3.55. The molecular formula is C23H27FN2O2. The van der Waals surface area contributed by atoms with Crippen LogP contribution in [-0.4, -0.2) is 22.9 Å². The zero-order chi connectivity index (χ0) is 19.7. The Balaban J connectivity index is 1.59. The van der Waals surface area contributed by atoms with Gasteiger partial charge in [-0.25, -0.2) is 4.39 Å². The molecule has 28 heavy (non-hydrogen) atoms. The first-order valence-electron chi connectivity index (χ1n) is 10.2. The van der Waals surface area contributed by atoms with Gasteiger partial charge in [0.15, 0.2) is 5.78 Å². The number of halogens is 1. The van der Waals surface area contributed by atoms with Crippen LogP contribution in [0.15, 0.2) is 36.5 Å². The molecule has 3 unspecified atom stereocenters. The zero-order valence-corrected chi connectivity index (χ0v) is 16.5. The molecule has 0 bridgehead atoms. The Morgan fingerprint density at radius 1 is 1.25 bits per heavy atom. The normalized spacial score (nSPS) is 27.3. The monoisotopic (exact) mass is 382 g/mol. The molecule has 2 aromatic rings. The van der Waals surface area contributed by atoms with E-state index in [0.29, 0.717) is 36.0 Å². The van der Waals surface area contributed by atoms with Crippen LogP contribution >= 0.6 is 0 Å². The highest BCUT2D eigenvalue weighted by Crippen LogP contribution is 2.41. The number of rotatable bonds is 4. The van der Waals surface area contributed by atoms with Crippen LogP contribution in [0.5, 0.6) is 5.75 Å². The van der Waals surface area contributed by atoms with E-state index >= 15 is 0 Å². The van der Waals surface area contributed by atoms with Gasteiger partial charge in [0, 0.05) is 18.2 Å². The van der Waals surface area contributed by atoms with E-state index < -0.39 is 5.54 Å². The molecular weight excluding hydrogens is 355 g/mol. The second-order valence-corrected chi connectivity index (χ2v) is 8.13. The Bertz CT molecular complexity index is 885. The van der Waals surface area contributed by atoms with E-state index in [-0.39, 0.29) is 11.9 Å². The maximum absolute atomic E-state index is 14.4. The van der Waals surface area contributed by atoms with Gasteiger partial charge in [-0.15, -0.1) is 0 Å². The number of nitrogens with one attached hydrogen (secondary N) is 1. The number of hydrogen-bond donors (Lipinski definition) is 1. The molecule has 3 atom stereocenters. The highest BCUT2D eigenvalue weighted by atomic mass is 19.1. The molecule has 4 nitrogen and oxygen atoms in total. The lowest BCUT2D eigenvalue weighted by atomic mass is 9.75. The predicted octanol–water partition coefficient (Wildman–Crippen LogP) is 4.84. The van der Waals surface area contributed by atoms with Gasteiger partial charge in [0.2, 0.25) is 0 Å². The molecule has 5 heteroatoms. The van der Waals surface area contributed by atoms with Crippen LogP contribution in [-0.2, 0) is 4.79 Å². The second-order valence-electron chi connectivity index (χ2n) is 8.13. The maximum Gasteiger partial charge on any atom is 0.153 e. The van der Waals surface area contributed by atoms with Crippen LogP contribution in [0.4, 0.5) is 4.39 Å². The molecule has 2 heterocycles. The van der Waals surface area contributed by atoms with Gasteiger partial charge in [-0.2, -0.15) is 0 Å². The predicted molar refractivity (Wildman–Crippen MR) is 107 cm³/mol. The lowest BCUT2D eigenvalue weighted by molar-refractivity contribution is -0.128.